The summed E-state index contributed by atoms with van der Waals surface area (Å²) in [6.07, 6.45) is 0. The zero-order valence-corrected chi connectivity index (χ0v) is 11.0. The molecule has 19 heavy (non-hydrogen) atoms. The summed E-state index contributed by atoms with van der Waals surface area (Å²) in [5.74, 6) is 0.975. The number of anilines is 1. The first-order chi connectivity index (χ1) is 9.34. The van der Waals surface area contributed by atoms with Crippen molar-refractivity contribution in [2.75, 3.05) is 31.2 Å². The van der Waals surface area contributed by atoms with Crippen LogP contribution in [0.2, 0.25) is 0 Å². The maximum absolute atomic E-state index is 5.36. The average Bonchev–Trinajstić information content (AvgIpc) is 2.49. The number of hydrogen-bond acceptors (Lipinski definition) is 4. The van der Waals surface area contributed by atoms with E-state index in [1.54, 1.807) is 0 Å². The Bertz CT molecular complexity index is 551. The second-order valence-electron chi connectivity index (χ2n) is 4.70. The molecule has 1 aromatic heterocycles. The Kier molecular flexibility index (Phi) is 3.42. The van der Waals surface area contributed by atoms with Gasteiger partial charge in [-0.1, -0.05) is 30.3 Å². The van der Waals surface area contributed by atoms with Crippen LogP contribution in [0.1, 0.15) is 5.56 Å². The van der Waals surface area contributed by atoms with E-state index in [0.717, 1.165) is 48.9 Å². The average molecular weight is 255 g/mol. The van der Waals surface area contributed by atoms with Crippen LogP contribution in [0.5, 0.6) is 0 Å². The molecule has 3 rings (SSSR count). The van der Waals surface area contributed by atoms with Gasteiger partial charge in [0.25, 0.3) is 0 Å². The third-order valence-electron chi connectivity index (χ3n) is 3.34. The molecular weight excluding hydrogens is 238 g/mol. The lowest BCUT2D eigenvalue weighted by atomic mass is 10.1. The van der Waals surface area contributed by atoms with E-state index in [-0.39, 0.29) is 0 Å². The van der Waals surface area contributed by atoms with Gasteiger partial charge in [0.1, 0.15) is 0 Å². The molecule has 98 valence electrons. The molecule has 0 spiro atoms. The van der Waals surface area contributed by atoms with Crippen LogP contribution in [-0.4, -0.2) is 36.5 Å². The first-order valence-electron chi connectivity index (χ1n) is 6.57. The van der Waals surface area contributed by atoms with E-state index in [2.05, 4.69) is 40.2 Å². The number of hydrogen-bond donors (Lipinski definition) is 0. The number of aryl methyl sites for hydroxylation is 1. The quantitative estimate of drug-likeness (QED) is 0.825. The van der Waals surface area contributed by atoms with Crippen molar-refractivity contribution in [3.8, 4) is 11.3 Å². The summed E-state index contributed by atoms with van der Waals surface area (Å²) < 4.78 is 5.36. The molecule has 4 nitrogen and oxygen atoms in total. The lowest BCUT2D eigenvalue weighted by Gasteiger charge is -2.28. The normalized spacial score (nSPS) is 15.5. The minimum atomic E-state index is 0.765. The molecule has 0 amide bonds. The molecule has 0 aliphatic carbocycles. The molecule has 2 aromatic rings. The second kappa shape index (κ2) is 5.36. The molecule has 0 radical (unpaired) electrons. The summed E-state index contributed by atoms with van der Waals surface area (Å²) in [6.45, 7) is 5.40. The molecule has 1 saturated heterocycles. The molecule has 0 unspecified atom stereocenters. The smallest absolute Gasteiger partial charge is 0.154 e. The van der Waals surface area contributed by atoms with Crippen molar-refractivity contribution < 1.29 is 4.74 Å². The summed E-state index contributed by atoms with van der Waals surface area (Å²) in [6, 6.07) is 12.2. The number of ether oxygens (including phenoxy) is 1. The van der Waals surface area contributed by atoms with Gasteiger partial charge in [0.05, 0.1) is 18.9 Å². The Morgan fingerprint density at radius 1 is 1.05 bits per heavy atom. The van der Waals surface area contributed by atoms with Crippen molar-refractivity contribution in [2.45, 2.75) is 6.92 Å². The summed E-state index contributed by atoms with van der Waals surface area (Å²) >= 11 is 0. The first kappa shape index (κ1) is 12.1. The summed E-state index contributed by atoms with van der Waals surface area (Å²) in [5, 5.41) is 8.75. The third-order valence-corrected chi connectivity index (χ3v) is 3.34. The van der Waals surface area contributed by atoms with Gasteiger partial charge in [-0.3, -0.25) is 0 Å². The van der Waals surface area contributed by atoms with Crippen LogP contribution in [0.4, 0.5) is 5.82 Å². The van der Waals surface area contributed by atoms with Crippen molar-refractivity contribution >= 4 is 5.82 Å². The van der Waals surface area contributed by atoms with Crippen LogP contribution in [0.25, 0.3) is 11.3 Å². The van der Waals surface area contributed by atoms with Gasteiger partial charge in [0, 0.05) is 18.7 Å². The van der Waals surface area contributed by atoms with E-state index in [9.17, 15) is 0 Å². The highest BCUT2D eigenvalue weighted by molar-refractivity contribution is 5.61. The van der Waals surface area contributed by atoms with Crippen molar-refractivity contribution in [2.24, 2.45) is 0 Å². The zero-order chi connectivity index (χ0) is 13.1. The zero-order valence-electron chi connectivity index (χ0n) is 11.0. The van der Waals surface area contributed by atoms with Crippen LogP contribution in [0.15, 0.2) is 36.4 Å². The molecule has 4 heteroatoms. The number of morpholine rings is 1. The molecule has 0 saturated carbocycles. The molecule has 0 N–H and O–H groups in total. The highest BCUT2D eigenvalue weighted by atomic mass is 16.5. The molecule has 1 aliphatic heterocycles. The van der Waals surface area contributed by atoms with Gasteiger partial charge in [-0.05, 0) is 18.6 Å². The fraction of sp³-hybridized carbons (Fsp3) is 0.333. The van der Waals surface area contributed by atoms with Crippen molar-refractivity contribution in [3.05, 3.63) is 42.0 Å². The van der Waals surface area contributed by atoms with Crippen molar-refractivity contribution in [3.63, 3.8) is 0 Å². The molecule has 0 atom stereocenters. The van der Waals surface area contributed by atoms with E-state index in [0.29, 0.717) is 0 Å². The van der Waals surface area contributed by atoms with E-state index in [4.69, 9.17) is 4.74 Å². The number of aromatic nitrogens is 2. The van der Waals surface area contributed by atoms with E-state index >= 15 is 0 Å². The molecule has 0 bridgehead atoms. The van der Waals surface area contributed by atoms with Crippen LogP contribution in [-0.2, 0) is 4.74 Å². The van der Waals surface area contributed by atoms with Gasteiger partial charge < -0.3 is 9.64 Å². The van der Waals surface area contributed by atoms with Gasteiger partial charge in [-0.2, -0.15) is 0 Å². The number of rotatable bonds is 2. The fourth-order valence-corrected chi connectivity index (χ4v) is 2.32. The maximum atomic E-state index is 5.36. The molecule has 1 aliphatic rings. The fourth-order valence-electron chi connectivity index (χ4n) is 2.32. The second-order valence-corrected chi connectivity index (χ2v) is 4.70. The summed E-state index contributed by atoms with van der Waals surface area (Å²) in [4.78, 5) is 2.24. The molecular formula is C15H17N3O. The topological polar surface area (TPSA) is 38.2 Å². The Morgan fingerprint density at radius 3 is 2.47 bits per heavy atom. The van der Waals surface area contributed by atoms with Crippen LogP contribution in [0.3, 0.4) is 0 Å². The van der Waals surface area contributed by atoms with Crippen LogP contribution in [0, 0.1) is 6.92 Å². The minimum absolute atomic E-state index is 0.765. The minimum Gasteiger partial charge on any atom is -0.378 e. The largest absolute Gasteiger partial charge is 0.378 e. The Labute approximate surface area is 113 Å². The number of benzene rings is 1. The predicted octanol–water partition coefficient (Wildman–Crippen LogP) is 2.29. The van der Waals surface area contributed by atoms with Gasteiger partial charge in [-0.15, -0.1) is 10.2 Å². The Balaban J connectivity index is 1.89. The van der Waals surface area contributed by atoms with Crippen LogP contribution < -0.4 is 4.90 Å². The number of nitrogens with zero attached hydrogens (tertiary/aromatic N) is 3. The van der Waals surface area contributed by atoms with Gasteiger partial charge in [-0.25, -0.2) is 0 Å². The highest BCUT2D eigenvalue weighted by Gasteiger charge is 2.15. The monoisotopic (exact) mass is 255 g/mol. The van der Waals surface area contributed by atoms with Gasteiger partial charge in [0.15, 0.2) is 5.82 Å². The van der Waals surface area contributed by atoms with E-state index < -0.39 is 0 Å². The molecule has 1 fully saturated rings. The van der Waals surface area contributed by atoms with Crippen molar-refractivity contribution in [1.82, 2.24) is 10.2 Å². The van der Waals surface area contributed by atoms with E-state index in [1.807, 2.05) is 18.2 Å². The Hall–Kier alpha value is -1.94. The van der Waals surface area contributed by atoms with E-state index in [1.165, 1.54) is 0 Å². The summed E-state index contributed by atoms with van der Waals surface area (Å²) in [5.41, 5.74) is 3.19. The highest BCUT2D eigenvalue weighted by Crippen LogP contribution is 2.22. The Morgan fingerprint density at radius 2 is 1.79 bits per heavy atom. The third kappa shape index (κ3) is 2.58. The van der Waals surface area contributed by atoms with Crippen LogP contribution >= 0.6 is 0 Å². The van der Waals surface area contributed by atoms with Crippen molar-refractivity contribution in [1.29, 1.82) is 0 Å². The molecule has 2 heterocycles. The first-order valence-corrected chi connectivity index (χ1v) is 6.57. The summed E-state index contributed by atoms with van der Waals surface area (Å²) in [7, 11) is 0. The standard InChI is InChI=1S/C15H17N3O/c1-12-11-14(13-5-3-2-4-6-13)16-17-15(12)18-7-9-19-10-8-18/h2-6,11H,7-10H2,1H3. The molecule has 1 aromatic carbocycles. The lowest BCUT2D eigenvalue weighted by Crippen LogP contribution is -2.37. The predicted molar refractivity (Wildman–Crippen MR) is 75.2 cm³/mol. The maximum Gasteiger partial charge on any atom is 0.154 e. The SMILES string of the molecule is Cc1cc(-c2ccccc2)nnc1N1CCOCC1. The lowest BCUT2D eigenvalue weighted by molar-refractivity contribution is 0.122. The van der Waals surface area contributed by atoms with Gasteiger partial charge >= 0.3 is 0 Å². The van der Waals surface area contributed by atoms with Gasteiger partial charge in [0.2, 0.25) is 0 Å².